The number of hydrogen-bond acceptors (Lipinski definition) is 4. The van der Waals surface area contributed by atoms with Gasteiger partial charge < -0.3 is 11.1 Å². The Labute approximate surface area is 142 Å². The molecule has 0 aliphatic rings. The highest BCUT2D eigenvalue weighted by molar-refractivity contribution is 5.99. The van der Waals surface area contributed by atoms with Gasteiger partial charge in [-0.15, -0.1) is 0 Å². The highest BCUT2D eigenvalue weighted by Gasteiger charge is 2.19. The maximum Gasteiger partial charge on any atom is 0.256 e. The topological polar surface area (TPSA) is 102 Å². The number of nitrogens with one attached hydrogen (secondary N) is 1. The van der Waals surface area contributed by atoms with Gasteiger partial charge in [-0.3, -0.25) is 9.59 Å². The quantitative estimate of drug-likeness (QED) is 0.696. The van der Waals surface area contributed by atoms with E-state index in [-0.39, 0.29) is 18.3 Å². The minimum absolute atomic E-state index is 0.0652. The molecule has 0 radical (unpaired) electrons. The van der Waals surface area contributed by atoms with E-state index in [1.807, 2.05) is 0 Å². The third kappa shape index (κ3) is 3.79. The van der Waals surface area contributed by atoms with Crippen LogP contribution in [-0.4, -0.2) is 33.0 Å². The van der Waals surface area contributed by atoms with E-state index >= 15 is 0 Å². The summed E-state index contributed by atoms with van der Waals surface area (Å²) in [5.74, 6) is -1.89. The number of rotatable bonds is 6. The van der Waals surface area contributed by atoms with Crippen molar-refractivity contribution in [2.24, 2.45) is 11.7 Å². The molecule has 0 fully saturated rings. The molecule has 3 rings (SSSR count). The maximum atomic E-state index is 13.0. The minimum atomic E-state index is -0.607. The molecule has 0 bridgehead atoms. The van der Waals surface area contributed by atoms with Crippen LogP contribution in [0.1, 0.15) is 15.9 Å². The van der Waals surface area contributed by atoms with Crippen LogP contribution in [0.25, 0.3) is 5.65 Å². The van der Waals surface area contributed by atoms with E-state index in [1.54, 1.807) is 30.6 Å². The number of benzene rings is 1. The Hall–Kier alpha value is -3.29. The summed E-state index contributed by atoms with van der Waals surface area (Å²) in [6.07, 6.45) is 4.97. The number of carbonyl (C=O) groups is 2. The van der Waals surface area contributed by atoms with Crippen LogP contribution >= 0.6 is 0 Å². The molecule has 2 amide bonds. The summed E-state index contributed by atoms with van der Waals surface area (Å²) in [6, 6.07) is 7.51. The zero-order chi connectivity index (χ0) is 17.8. The van der Waals surface area contributed by atoms with Gasteiger partial charge >= 0.3 is 0 Å². The summed E-state index contributed by atoms with van der Waals surface area (Å²) in [5.41, 5.74) is 6.91. The van der Waals surface area contributed by atoms with Gasteiger partial charge in [-0.1, -0.05) is 12.1 Å². The normalized spacial score (nSPS) is 12.0. The zero-order valence-electron chi connectivity index (χ0n) is 13.2. The van der Waals surface area contributed by atoms with Crippen molar-refractivity contribution in [3.8, 4) is 0 Å². The van der Waals surface area contributed by atoms with Crippen LogP contribution in [0.2, 0.25) is 0 Å². The fourth-order valence-corrected chi connectivity index (χ4v) is 2.48. The number of fused-ring (bicyclic) bond motifs is 1. The molecule has 0 saturated heterocycles. The summed E-state index contributed by atoms with van der Waals surface area (Å²) in [4.78, 5) is 28.1. The smallest absolute Gasteiger partial charge is 0.256 e. The lowest BCUT2D eigenvalue weighted by molar-refractivity contribution is -0.121. The Morgan fingerprint density at radius 1 is 1.28 bits per heavy atom. The molecule has 0 unspecified atom stereocenters. The van der Waals surface area contributed by atoms with Crippen LogP contribution in [0.3, 0.4) is 0 Å². The van der Waals surface area contributed by atoms with Crippen LogP contribution in [0.4, 0.5) is 4.39 Å². The Morgan fingerprint density at radius 3 is 2.76 bits per heavy atom. The number of carbonyl (C=O) groups excluding carboxylic acids is 2. The Morgan fingerprint density at radius 2 is 2.04 bits per heavy atom. The summed E-state index contributed by atoms with van der Waals surface area (Å²) >= 11 is 0. The monoisotopic (exact) mass is 341 g/mol. The van der Waals surface area contributed by atoms with Crippen molar-refractivity contribution < 1.29 is 14.0 Å². The molecule has 3 N–H and O–H groups in total. The lowest BCUT2D eigenvalue weighted by atomic mass is 9.98. The van der Waals surface area contributed by atoms with Gasteiger partial charge in [0.25, 0.3) is 5.91 Å². The number of nitrogens with two attached hydrogens (primary N) is 1. The first-order chi connectivity index (χ1) is 12.0. The zero-order valence-corrected chi connectivity index (χ0v) is 13.2. The highest BCUT2D eigenvalue weighted by atomic mass is 19.1. The molecular formula is C17H16FN5O2. The number of aromatic nitrogens is 3. The first kappa shape index (κ1) is 16.6. The van der Waals surface area contributed by atoms with Gasteiger partial charge in [-0.2, -0.15) is 5.10 Å². The predicted octanol–water partition coefficient (Wildman–Crippen LogP) is 0.942. The average molecular weight is 341 g/mol. The number of primary amides is 1. The predicted molar refractivity (Wildman–Crippen MR) is 88.1 cm³/mol. The first-order valence-electron chi connectivity index (χ1n) is 7.65. The molecule has 1 aromatic carbocycles. The van der Waals surface area contributed by atoms with E-state index in [0.717, 1.165) is 5.56 Å². The van der Waals surface area contributed by atoms with Crippen molar-refractivity contribution in [1.29, 1.82) is 0 Å². The van der Waals surface area contributed by atoms with E-state index in [1.165, 1.54) is 22.8 Å². The van der Waals surface area contributed by atoms with E-state index in [4.69, 9.17) is 5.73 Å². The Bertz CT molecular complexity index is 907. The molecule has 8 heteroatoms. The largest absolute Gasteiger partial charge is 0.369 e. The molecule has 2 aromatic heterocycles. The van der Waals surface area contributed by atoms with Crippen molar-refractivity contribution in [3.63, 3.8) is 0 Å². The molecular weight excluding hydrogens is 325 g/mol. The van der Waals surface area contributed by atoms with E-state index in [0.29, 0.717) is 17.6 Å². The van der Waals surface area contributed by atoms with Gasteiger partial charge in [0.15, 0.2) is 5.65 Å². The number of halogens is 1. The molecule has 2 heterocycles. The molecule has 0 aliphatic carbocycles. The van der Waals surface area contributed by atoms with Gasteiger partial charge in [0.1, 0.15) is 11.4 Å². The van der Waals surface area contributed by atoms with E-state index < -0.39 is 11.8 Å². The molecule has 0 spiro atoms. The van der Waals surface area contributed by atoms with Crippen molar-refractivity contribution in [2.45, 2.75) is 6.42 Å². The van der Waals surface area contributed by atoms with Gasteiger partial charge in [0, 0.05) is 18.9 Å². The maximum absolute atomic E-state index is 13.0. The first-order valence-corrected chi connectivity index (χ1v) is 7.65. The summed E-state index contributed by atoms with van der Waals surface area (Å²) in [7, 11) is 0. The fraction of sp³-hybridized carbons (Fsp3) is 0.176. The molecule has 0 aliphatic heterocycles. The van der Waals surface area contributed by atoms with Gasteiger partial charge in [-0.25, -0.2) is 13.9 Å². The fourth-order valence-electron chi connectivity index (χ4n) is 2.48. The lowest BCUT2D eigenvalue weighted by Gasteiger charge is -2.14. The molecule has 25 heavy (non-hydrogen) atoms. The summed E-state index contributed by atoms with van der Waals surface area (Å²) in [6.45, 7) is 0.0652. The minimum Gasteiger partial charge on any atom is -0.369 e. The molecule has 128 valence electrons. The Balaban J connectivity index is 1.67. The average Bonchev–Trinajstić information content (AvgIpc) is 3.04. The Kier molecular flexibility index (Phi) is 4.69. The number of hydrogen-bond donors (Lipinski definition) is 2. The van der Waals surface area contributed by atoms with Crippen LogP contribution in [0.15, 0.2) is 48.9 Å². The SMILES string of the molecule is NC(=O)[C@@H](CNC(=O)c1cnn2cccnc12)Cc1ccc(F)cc1. The second kappa shape index (κ2) is 7.08. The van der Waals surface area contributed by atoms with E-state index in [9.17, 15) is 14.0 Å². The van der Waals surface area contributed by atoms with Crippen molar-refractivity contribution >= 4 is 17.5 Å². The van der Waals surface area contributed by atoms with Crippen LogP contribution < -0.4 is 11.1 Å². The summed E-state index contributed by atoms with van der Waals surface area (Å²) in [5, 5.41) is 6.73. The lowest BCUT2D eigenvalue weighted by Crippen LogP contribution is -2.37. The molecule has 3 aromatic rings. The number of amides is 2. The van der Waals surface area contributed by atoms with Crippen molar-refractivity contribution in [3.05, 3.63) is 65.9 Å². The third-order valence-electron chi connectivity index (χ3n) is 3.83. The standard InChI is InChI=1S/C17H16FN5O2/c18-13-4-2-11(3-5-13)8-12(15(19)24)9-21-17(25)14-10-22-23-7-1-6-20-16(14)23/h1-7,10,12H,8-9H2,(H2,19,24)(H,21,25)/t12-/m1/s1. The second-order valence-electron chi connectivity index (χ2n) is 5.59. The van der Waals surface area contributed by atoms with Gasteiger partial charge in [0.2, 0.25) is 5.91 Å². The van der Waals surface area contributed by atoms with Crippen LogP contribution in [0.5, 0.6) is 0 Å². The highest BCUT2D eigenvalue weighted by Crippen LogP contribution is 2.11. The molecule has 0 saturated carbocycles. The molecule has 7 nitrogen and oxygen atoms in total. The van der Waals surface area contributed by atoms with Gasteiger partial charge in [-0.05, 0) is 30.2 Å². The van der Waals surface area contributed by atoms with Crippen LogP contribution in [-0.2, 0) is 11.2 Å². The number of nitrogens with zero attached hydrogens (tertiary/aromatic N) is 3. The third-order valence-corrected chi connectivity index (χ3v) is 3.83. The van der Waals surface area contributed by atoms with Crippen LogP contribution in [0, 0.1) is 11.7 Å². The van der Waals surface area contributed by atoms with Crippen molar-refractivity contribution in [1.82, 2.24) is 19.9 Å². The van der Waals surface area contributed by atoms with Gasteiger partial charge in [0.05, 0.1) is 12.1 Å². The second-order valence-corrected chi connectivity index (χ2v) is 5.59. The summed E-state index contributed by atoms with van der Waals surface area (Å²) < 4.78 is 14.4. The van der Waals surface area contributed by atoms with Crippen molar-refractivity contribution in [2.75, 3.05) is 6.54 Å². The molecule has 1 atom stereocenters. The van der Waals surface area contributed by atoms with E-state index in [2.05, 4.69) is 15.4 Å².